The summed E-state index contributed by atoms with van der Waals surface area (Å²) >= 11 is 0. The molecule has 3 atom stereocenters. The maximum absolute atomic E-state index is 10.6. The molecule has 1 aliphatic rings. The van der Waals surface area contributed by atoms with Crippen LogP contribution < -0.4 is 0 Å². The third-order valence-electron chi connectivity index (χ3n) is 3.38. The summed E-state index contributed by atoms with van der Waals surface area (Å²) in [7, 11) is 2.04. The first kappa shape index (κ1) is 11.5. The summed E-state index contributed by atoms with van der Waals surface area (Å²) in [6.45, 7) is 4.13. The Balaban J connectivity index is 2.62. The fraction of sp³-hybridized carbons (Fsp3) is 0.900. The van der Waals surface area contributed by atoms with Gasteiger partial charge in [-0.05, 0) is 39.7 Å². The van der Waals surface area contributed by atoms with Gasteiger partial charge in [0, 0.05) is 12.1 Å². The molecule has 0 saturated carbocycles. The molecule has 1 heterocycles. The fourth-order valence-corrected chi connectivity index (χ4v) is 2.20. The normalized spacial score (nSPS) is 36.7. The van der Waals surface area contributed by atoms with Crippen LogP contribution in [0.4, 0.5) is 0 Å². The van der Waals surface area contributed by atoms with Crippen LogP contribution in [0.2, 0.25) is 0 Å². The van der Waals surface area contributed by atoms with Crippen LogP contribution in [-0.4, -0.2) is 46.3 Å². The van der Waals surface area contributed by atoms with Crippen molar-refractivity contribution in [2.45, 2.75) is 44.9 Å². The van der Waals surface area contributed by atoms with Crippen LogP contribution >= 0.6 is 0 Å². The Morgan fingerprint density at radius 2 is 1.79 bits per heavy atom. The number of carboxylic acids is 1. The van der Waals surface area contributed by atoms with E-state index < -0.39 is 12.1 Å². The van der Waals surface area contributed by atoms with E-state index in [4.69, 9.17) is 5.11 Å². The quantitative estimate of drug-likeness (QED) is 0.685. The molecule has 0 amide bonds. The molecule has 0 aliphatic carbocycles. The molecule has 3 unspecified atom stereocenters. The molecule has 0 bridgehead atoms. The Kier molecular flexibility index (Phi) is 3.50. The first-order chi connectivity index (χ1) is 6.43. The van der Waals surface area contributed by atoms with Gasteiger partial charge in [0.2, 0.25) is 0 Å². The van der Waals surface area contributed by atoms with E-state index in [1.54, 1.807) is 0 Å². The lowest BCUT2D eigenvalue weighted by Crippen LogP contribution is -2.47. The number of nitrogens with zero attached hydrogens (tertiary/aromatic N) is 1. The maximum atomic E-state index is 10.6. The summed E-state index contributed by atoms with van der Waals surface area (Å²) in [5, 5.41) is 18.2. The molecular weight excluding hydrogens is 182 g/mol. The van der Waals surface area contributed by atoms with E-state index >= 15 is 0 Å². The van der Waals surface area contributed by atoms with Crippen LogP contribution in [0.25, 0.3) is 0 Å². The second-order valence-electron chi connectivity index (χ2n) is 4.38. The minimum absolute atomic E-state index is 0.103. The van der Waals surface area contributed by atoms with Crippen molar-refractivity contribution in [3.63, 3.8) is 0 Å². The first-order valence-electron chi connectivity index (χ1n) is 5.06. The van der Waals surface area contributed by atoms with Gasteiger partial charge in [-0.3, -0.25) is 0 Å². The van der Waals surface area contributed by atoms with Crippen LogP contribution in [0.1, 0.15) is 26.7 Å². The monoisotopic (exact) mass is 201 g/mol. The molecule has 2 N–H and O–H groups in total. The number of aliphatic carboxylic acids is 1. The highest BCUT2D eigenvalue weighted by atomic mass is 16.4. The molecule has 0 radical (unpaired) electrons. The molecule has 1 rings (SSSR count). The molecule has 0 aromatic heterocycles. The second-order valence-corrected chi connectivity index (χ2v) is 4.38. The van der Waals surface area contributed by atoms with Crippen LogP contribution in [0, 0.1) is 5.92 Å². The highest BCUT2D eigenvalue weighted by molar-refractivity contribution is 5.72. The minimum atomic E-state index is -1.20. The largest absolute Gasteiger partial charge is 0.479 e. The van der Waals surface area contributed by atoms with E-state index in [0.717, 1.165) is 12.8 Å². The van der Waals surface area contributed by atoms with Crippen molar-refractivity contribution >= 4 is 5.97 Å². The van der Waals surface area contributed by atoms with Crippen molar-refractivity contribution in [1.29, 1.82) is 0 Å². The number of hydrogen-bond acceptors (Lipinski definition) is 3. The Hall–Kier alpha value is -0.610. The van der Waals surface area contributed by atoms with Gasteiger partial charge in [0.25, 0.3) is 0 Å². The smallest absolute Gasteiger partial charge is 0.332 e. The number of carbonyl (C=O) groups is 1. The molecular formula is C10H19NO3. The van der Waals surface area contributed by atoms with Crippen LogP contribution in [0.5, 0.6) is 0 Å². The highest BCUT2D eigenvalue weighted by Gasteiger charge is 2.35. The topological polar surface area (TPSA) is 60.8 Å². The summed E-state index contributed by atoms with van der Waals surface area (Å²) in [4.78, 5) is 12.9. The lowest BCUT2D eigenvalue weighted by atomic mass is 9.84. The predicted molar refractivity (Wildman–Crippen MR) is 53.1 cm³/mol. The molecule has 0 aromatic carbocycles. The molecule has 4 nitrogen and oxygen atoms in total. The van der Waals surface area contributed by atoms with E-state index in [1.807, 2.05) is 7.05 Å². The van der Waals surface area contributed by atoms with Crippen molar-refractivity contribution in [2.24, 2.45) is 5.92 Å². The number of piperidine rings is 1. The minimum Gasteiger partial charge on any atom is -0.479 e. The second kappa shape index (κ2) is 4.28. The van der Waals surface area contributed by atoms with Gasteiger partial charge >= 0.3 is 5.97 Å². The lowest BCUT2D eigenvalue weighted by molar-refractivity contribution is -0.151. The number of hydrogen-bond donors (Lipinski definition) is 2. The van der Waals surface area contributed by atoms with Crippen molar-refractivity contribution in [3.8, 4) is 0 Å². The van der Waals surface area contributed by atoms with E-state index in [2.05, 4.69) is 18.7 Å². The first-order valence-corrected chi connectivity index (χ1v) is 5.06. The average Bonchev–Trinajstić information content (AvgIpc) is 2.12. The SMILES string of the molecule is CC1CC(C(O)C(=O)O)CC(C)N1C. The molecule has 14 heavy (non-hydrogen) atoms. The molecule has 1 fully saturated rings. The van der Waals surface area contributed by atoms with Gasteiger partial charge in [-0.15, -0.1) is 0 Å². The van der Waals surface area contributed by atoms with E-state index in [1.165, 1.54) is 0 Å². The van der Waals surface area contributed by atoms with Gasteiger partial charge in [0.1, 0.15) is 0 Å². The zero-order valence-electron chi connectivity index (χ0n) is 8.97. The number of carboxylic acid groups (broad SMARTS) is 1. The van der Waals surface area contributed by atoms with Crippen LogP contribution in [0.15, 0.2) is 0 Å². The molecule has 82 valence electrons. The zero-order valence-corrected chi connectivity index (χ0v) is 8.97. The molecule has 4 heteroatoms. The Bertz CT molecular complexity index is 207. The Morgan fingerprint density at radius 1 is 1.36 bits per heavy atom. The molecule has 1 aliphatic heterocycles. The third kappa shape index (κ3) is 2.25. The fourth-order valence-electron chi connectivity index (χ4n) is 2.20. The third-order valence-corrected chi connectivity index (χ3v) is 3.38. The van der Waals surface area contributed by atoms with Gasteiger partial charge in [-0.1, -0.05) is 0 Å². The molecule has 1 saturated heterocycles. The van der Waals surface area contributed by atoms with E-state index in [9.17, 15) is 9.90 Å². The number of aliphatic hydroxyl groups is 1. The summed E-state index contributed by atoms with van der Waals surface area (Å²) in [6, 6.07) is 0.690. The van der Waals surface area contributed by atoms with E-state index in [-0.39, 0.29) is 5.92 Å². The summed E-state index contributed by atoms with van der Waals surface area (Å²) in [5.41, 5.74) is 0. The van der Waals surface area contributed by atoms with Crippen LogP contribution in [0.3, 0.4) is 0 Å². The predicted octanol–water partition coefficient (Wildman–Crippen LogP) is 0.551. The summed E-state index contributed by atoms with van der Waals surface area (Å²) in [5.74, 6) is -1.20. The summed E-state index contributed by atoms with van der Waals surface area (Å²) in [6.07, 6.45) is 0.316. The lowest BCUT2D eigenvalue weighted by Gasteiger charge is -2.41. The zero-order chi connectivity index (χ0) is 10.9. The van der Waals surface area contributed by atoms with Crippen molar-refractivity contribution in [3.05, 3.63) is 0 Å². The van der Waals surface area contributed by atoms with Gasteiger partial charge in [-0.25, -0.2) is 4.79 Å². The number of rotatable bonds is 2. The van der Waals surface area contributed by atoms with E-state index in [0.29, 0.717) is 12.1 Å². The average molecular weight is 201 g/mol. The van der Waals surface area contributed by atoms with Crippen molar-refractivity contribution in [1.82, 2.24) is 4.90 Å². The van der Waals surface area contributed by atoms with Crippen molar-refractivity contribution in [2.75, 3.05) is 7.05 Å². The highest BCUT2D eigenvalue weighted by Crippen LogP contribution is 2.28. The van der Waals surface area contributed by atoms with Crippen LogP contribution in [-0.2, 0) is 4.79 Å². The molecule has 0 aromatic rings. The van der Waals surface area contributed by atoms with Gasteiger partial charge in [0.05, 0.1) is 0 Å². The Labute approximate surface area is 84.5 Å². The number of aliphatic hydroxyl groups excluding tert-OH is 1. The molecule has 0 spiro atoms. The maximum Gasteiger partial charge on any atom is 0.332 e. The Morgan fingerprint density at radius 3 is 2.14 bits per heavy atom. The number of likely N-dealkylation sites (tertiary alicyclic amines) is 1. The van der Waals surface area contributed by atoms with Gasteiger partial charge in [0.15, 0.2) is 6.10 Å². The van der Waals surface area contributed by atoms with Gasteiger partial charge in [-0.2, -0.15) is 0 Å². The standard InChI is InChI=1S/C10H19NO3/c1-6-4-8(9(12)10(13)14)5-7(2)11(6)3/h6-9,12H,4-5H2,1-3H3,(H,13,14). The van der Waals surface area contributed by atoms with Gasteiger partial charge < -0.3 is 15.1 Å². The van der Waals surface area contributed by atoms with Crippen molar-refractivity contribution < 1.29 is 15.0 Å². The summed E-state index contributed by atoms with van der Waals surface area (Å²) < 4.78 is 0.